The number of aromatic nitrogens is 4. The summed E-state index contributed by atoms with van der Waals surface area (Å²) in [6.07, 6.45) is 3.60. The molecule has 0 fully saturated rings. The highest BCUT2D eigenvalue weighted by Gasteiger charge is 2.14. The highest BCUT2D eigenvalue weighted by Crippen LogP contribution is 2.27. The van der Waals surface area contributed by atoms with Crippen LogP contribution < -0.4 is 5.56 Å². The molecule has 1 N–H and O–H groups in total. The molecular formula is C15H10N4O2S. The smallest absolute Gasteiger partial charge is 0.270 e. The maximum absolute atomic E-state index is 12.2. The number of hydrogen-bond acceptors (Lipinski definition) is 6. The molecule has 22 heavy (non-hydrogen) atoms. The van der Waals surface area contributed by atoms with Crippen molar-refractivity contribution in [2.45, 2.75) is 6.42 Å². The normalized spacial score (nSPS) is 11.1. The van der Waals surface area contributed by atoms with Gasteiger partial charge in [-0.2, -0.15) is 4.37 Å². The fraction of sp³-hybridized carbons (Fsp3) is 0.0667. The number of nitrogens with zero attached hydrogens (tertiary/aromatic N) is 3. The van der Waals surface area contributed by atoms with Crippen LogP contribution in [0.25, 0.3) is 21.5 Å². The molecule has 6 nitrogen and oxygen atoms in total. The van der Waals surface area contributed by atoms with Gasteiger partial charge in [0.05, 0.1) is 6.20 Å². The molecule has 4 rings (SSSR count). The van der Waals surface area contributed by atoms with E-state index in [9.17, 15) is 4.79 Å². The molecule has 0 amide bonds. The van der Waals surface area contributed by atoms with E-state index in [-0.39, 0.29) is 5.56 Å². The topological polar surface area (TPSA) is 84.7 Å². The molecule has 0 bridgehead atoms. The fourth-order valence-electron chi connectivity index (χ4n) is 2.27. The second-order valence-corrected chi connectivity index (χ2v) is 5.57. The third-order valence-corrected chi connectivity index (χ3v) is 4.12. The van der Waals surface area contributed by atoms with Crippen LogP contribution in [0, 0.1) is 0 Å². The van der Waals surface area contributed by atoms with Gasteiger partial charge in [0.15, 0.2) is 0 Å². The standard InChI is InChI=1S/C15H10N4O2S/c20-15-14-13(12(19-22-14)10-4-2-1-3-5-10)17-11(18-15)6-9-7-16-21-8-9/h1-5,7-8H,6H2,(H,17,18,20). The van der Waals surface area contributed by atoms with E-state index in [0.717, 1.165) is 28.4 Å². The molecule has 1 aromatic carbocycles. The Bertz CT molecular complexity index is 974. The van der Waals surface area contributed by atoms with Crippen LogP contribution in [-0.2, 0) is 6.42 Å². The maximum atomic E-state index is 12.2. The number of fused-ring (bicyclic) bond motifs is 1. The van der Waals surface area contributed by atoms with Crippen molar-refractivity contribution in [2.24, 2.45) is 0 Å². The Kier molecular flexibility index (Phi) is 3.05. The van der Waals surface area contributed by atoms with Crippen LogP contribution in [0.1, 0.15) is 11.4 Å². The van der Waals surface area contributed by atoms with Crippen molar-refractivity contribution < 1.29 is 4.52 Å². The average molecular weight is 310 g/mol. The monoisotopic (exact) mass is 310 g/mol. The van der Waals surface area contributed by atoms with E-state index in [1.165, 1.54) is 6.26 Å². The molecule has 3 aromatic heterocycles. The van der Waals surface area contributed by atoms with Crippen molar-refractivity contribution in [3.63, 3.8) is 0 Å². The summed E-state index contributed by atoms with van der Waals surface area (Å²) in [4.78, 5) is 19.6. The van der Waals surface area contributed by atoms with Crippen LogP contribution >= 0.6 is 11.5 Å². The summed E-state index contributed by atoms with van der Waals surface area (Å²) in [5, 5.41) is 3.65. The van der Waals surface area contributed by atoms with Crippen LogP contribution in [0.2, 0.25) is 0 Å². The summed E-state index contributed by atoms with van der Waals surface area (Å²) in [7, 11) is 0. The van der Waals surface area contributed by atoms with Crippen LogP contribution in [0.3, 0.4) is 0 Å². The lowest BCUT2D eigenvalue weighted by Crippen LogP contribution is -2.10. The molecule has 0 aliphatic heterocycles. The van der Waals surface area contributed by atoms with E-state index >= 15 is 0 Å². The number of H-pyrrole nitrogens is 1. The molecule has 0 aliphatic carbocycles. The number of benzene rings is 1. The Balaban J connectivity index is 1.87. The summed E-state index contributed by atoms with van der Waals surface area (Å²) in [6.45, 7) is 0. The second kappa shape index (κ2) is 5.19. The number of hydrogen-bond donors (Lipinski definition) is 1. The van der Waals surface area contributed by atoms with Crippen molar-refractivity contribution in [3.05, 3.63) is 64.5 Å². The third-order valence-electron chi connectivity index (χ3n) is 3.28. The zero-order valence-electron chi connectivity index (χ0n) is 11.3. The predicted molar refractivity (Wildman–Crippen MR) is 82.8 cm³/mol. The minimum atomic E-state index is -0.170. The van der Waals surface area contributed by atoms with Crippen molar-refractivity contribution in [1.82, 2.24) is 19.5 Å². The zero-order chi connectivity index (χ0) is 14.9. The molecule has 0 unspecified atom stereocenters. The van der Waals surface area contributed by atoms with E-state index in [2.05, 4.69) is 19.5 Å². The van der Waals surface area contributed by atoms with E-state index in [4.69, 9.17) is 4.52 Å². The first kappa shape index (κ1) is 12.9. The van der Waals surface area contributed by atoms with Gasteiger partial charge in [-0.05, 0) is 11.5 Å². The lowest BCUT2D eigenvalue weighted by atomic mass is 10.1. The molecule has 0 atom stereocenters. The van der Waals surface area contributed by atoms with E-state index in [0.29, 0.717) is 22.5 Å². The summed E-state index contributed by atoms with van der Waals surface area (Å²) in [5.74, 6) is 0.568. The Labute approximate surface area is 128 Å². The van der Waals surface area contributed by atoms with Crippen LogP contribution in [0.4, 0.5) is 0 Å². The number of nitrogens with one attached hydrogen (secondary N) is 1. The highest BCUT2D eigenvalue weighted by molar-refractivity contribution is 7.13. The van der Waals surface area contributed by atoms with Crippen LogP contribution in [-0.4, -0.2) is 19.5 Å². The third kappa shape index (κ3) is 2.21. The van der Waals surface area contributed by atoms with Gasteiger partial charge in [0, 0.05) is 17.5 Å². The quantitative estimate of drug-likeness (QED) is 0.629. The summed E-state index contributed by atoms with van der Waals surface area (Å²) >= 11 is 1.16. The molecule has 108 valence electrons. The lowest BCUT2D eigenvalue weighted by Gasteiger charge is -2.00. The molecule has 0 spiro atoms. The SMILES string of the molecule is O=c1[nH]c(Cc2cnoc2)nc2c(-c3ccccc3)nsc12. The van der Waals surface area contributed by atoms with Gasteiger partial charge in [-0.15, -0.1) is 0 Å². The van der Waals surface area contributed by atoms with Gasteiger partial charge < -0.3 is 9.51 Å². The van der Waals surface area contributed by atoms with Gasteiger partial charge in [0.25, 0.3) is 5.56 Å². The lowest BCUT2D eigenvalue weighted by molar-refractivity contribution is 0.419. The number of aromatic amines is 1. The van der Waals surface area contributed by atoms with Crippen molar-refractivity contribution in [2.75, 3.05) is 0 Å². The van der Waals surface area contributed by atoms with Gasteiger partial charge in [-0.25, -0.2) is 4.98 Å². The summed E-state index contributed by atoms with van der Waals surface area (Å²) in [5.41, 5.74) is 3.00. The minimum absolute atomic E-state index is 0.170. The van der Waals surface area contributed by atoms with E-state index in [1.807, 2.05) is 30.3 Å². The number of rotatable bonds is 3. The van der Waals surface area contributed by atoms with Gasteiger partial charge in [0.2, 0.25) is 0 Å². The fourth-order valence-corrected chi connectivity index (χ4v) is 3.00. The van der Waals surface area contributed by atoms with Gasteiger partial charge >= 0.3 is 0 Å². The molecule has 0 saturated carbocycles. The Morgan fingerprint density at radius 3 is 2.86 bits per heavy atom. The molecule has 4 aromatic rings. The average Bonchev–Trinajstić information content (AvgIpc) is 3.18. The van der Waals surface area contributed by atoms with Crippen LogP contribution in [0.15, 0.2) is 52.1 Å². The van der Waals surface area contributed by atoms with Gasteiger partial charge in [-0.3, -0.25) is 4.79 Å². The van der Waals surface area contributed by atoms with Crippen LogP contribution in [0.5, 0.6) is 0 Å². The molecule has 0 aliphatic rings. The van der Waals surface area contributed by atoms with E-state index in [1.54, 1.807) is 6.20 Å². The van der Waals surface area contributed by atoms with Gasteiger partial charge in [-0.1, -0.05) is 35.5 Å². The molecular weight excluding hydrogens is 300 g/mol. The van der Waals surface area contributed by atoms with Crippen molar-refractivity contribution in [3.8, 4) is 11.3 Å². The molecule has 0 radical (unpaired) electrons. The first-order valence-electron chi connectivity index (χ1n) is 6.63. The highest BCUT2D eigenvalue weighted by atomic mass is 32.1. The molecule has 0 saturated heterocycles. The summed E-state index contributed by atoms with van der Waals surface area (Å²) in [6, 6.07) is 9.72. The van der Waals surface area contributed by atoms with Crippen molar-refractivity contribution in [1.29, 1.82) is 0 Å². The zero-order valence-corrected chi connectivity index (χ0v) is 12.1. The molecule has 7 heteroatoms. The maximum Gasteiger partial charge on any atom is 0.270 e. The second-order valence-electron chi connectivity index (χ2n) is 4.80. The largest absolute Gasteiger partial charge is 0.364 e. The first-order valence-corrected chi connectivity index (χ1v) is 7.41. The minimum Gasteiger partial charge on any atom is -0.364 e. The first-order chi connectivity index (χ1) is 10.8. The Hall–Kier alpha value is -2.80. The summed E-state index contributed by atoms with van der Waals surface area (Å²) < 4.78 is 9.73. The molecule has 3 heterocycles. The predicted octanol–water partition coefficient (Wildman–Crippen LogP) is 2.63. The van der Waals surface area contributed by atoms with Crippen molar-refractivity contribution >= 4 is 21.7 Å². The van der Waals surface area contributed by atoms with Gasteiger partial charge in [0.1, 0.15) is 28.0 Å². The van der Waals surface area contributed by atoms with E-state index < -0.39 is 0 Å². The Morgan fingerprint density at radius 1 is 1.23 bits per heavy atom. The Morgan fingerprint density at radius 2 is 2.09 bits per heavy atom.